The van der Waals surface area contributed by atoms with Crippen LogP contribution in [0, 0.1) is 0 Å². The Kier molecular flexibility index (Phi) is 7.19. The summed E-state index contributed by atoms with van der Waals surface area (Å²) >= 11 is 0. The van der Waals surface area contributed by atoms with Gasteiger partial charge in [0.05, 0.1) is 24.7 Å². The van der Waals surface area contributed by atoms with E-state index in [1.165, 1.54) is 7.11 Å². The molecule has 1 atom stereocenters. The quantitative estimate of drug-likeness (QED) is 0.625. The molecule has 168 valence electrons. The second kappa shape index (κ2) is 9.27. The molecule has 0 bridgehead atoms. The van der Waals surface area contributed by atoms with Gasteiger partial charge in [-0.15, -0.1) is 0 Å². The summed E-state index contributed by atoms with van der Waals surface area (Å²) in [5.41, 5.74) is -3.14. The highest BCUT2D eigenvalue weighted by Crippen LogP contribution is 2.36. The van der Waals surface area contributed by atoms with E-state index in [1.807, 2.05) is 0 Å². The first-order chi connectivity index (χ1) is 14.3. The van der Waals surface area contributed by atoms with E-state index in [1.54, 1.807) is 24.3 Å². The van der Waals surface area contributed by atoms with Gasteiger partial charge in [-0.2, -0.15) is 26.3 Å². The molecule has 0 saturated carbocycles. The molecule has 0 unspecified atom stereocenters. The Labute approximate surface area is 172 Å². The summed E-state index contributed by atoms with van der Waals surface area (Å²) in [6, 6.07) is 5.61. The summed E-state index contributed by atoms with van der Waals surface area (Å²) in [7, 11) is 1.44. The van der Waals surface area contributed by atoms with Gasteiger partial charge in [-0.05, 0) is 41.5 Å². The van der Waals surface area contributed by atoms with E-state index in [9.17, 15) is 41.0 Å². The largest absolute Gasteiger partial charge is 0.497 e. The van der Waals surface area contributed by atoms with Crippen molar-refractivity contribution in [3.05, 3.63) is 64.7 Å². The highest BCUT2D eigenvalue weighted by Gasteiger charge is 2.37. The van der Waals surface area contributed by atoms with Gasteiger partial charge in [-0.1, -0.05) is 12.1 Å². The maximum absolute atomic E-state index is 12.9. The predicted octanol–water partition coefficient (Wildman–Crippen LogP) is 4.09. The molecule has 2 N–H and O–H groups in total. The lowest BCUT2D eigenvalue weighted by Gasteiger charge is -2.17. The third-order valence-corrected chi connectivity index (χ3v) is 4.24. The molecule has 5 nitrogen and oxygen atoms in total. The Morgan fingerprint density at radius 1 is 0.935 bits per heavy atom. The standard InChI is InChI=1S/C20H17F6NO4/c1-31-15-4-2-11(3-5-15)8-16(18(29)30)27-17(28)9-12-6-13(19(21,22)23)10-14(7-12)20(24,25)26/h2-7,10,16H,8-9H2,1H3,(H,27,28)(H,29,30)/t16-/m0/s1. The van der Waals surface area contributed by atoms with E-state index in [0.29, 0.717) is 23.4 Å². The van der Waals surface area contributed by atoms with Crippen LogP contribution in [0.2, 0.25) is 0 Å². The Bertz CT molecular complexity index is 906. The Morgan fingerprint density at radius 2 is 1.45 bits per heavy atom. The van der Waals surface area contributed by atoms with Gasteiger partial charge in [0.2, 0.25) is 5.91 Å². The van der Waals surface area contributed by atoms with Gasteiger partial charge >= 0.3 is 18.3 Å². The average molecular weight is 449 g/mol. The lowest BCUT2D eigenvalue weighted by Crippen LogP contribution is -2.43. The molecule has 11 heteroatoms. The third kappa shape index (κ3) is 6.90. The number of amides is 1. The molecule has 0 aliphatic heterocycles. The number of alkyl halides is 6. The maximum atomic E-state index is 12.9. The van der Waals surface area contributed by atoms with Crippen LogP contribution in [0.3, 0.4) is 0 Å². The van der Waals surface area contributed by atoms with Crippen LogP contribution in [0.25, 0.3) is 0 Å². The van der Waals surface area contributed by atoms with Crippen LogP contribution < -0.4 is 10.1 Å². The highest BCUT2D eigenvalue weighted by atomic mass is 19.4. The fraction of sp³-hybridized carbons (Fsp3) is 0.300. The summed E-state index contributed by atoms with van der Waals surface area (Å²) in [4.78, 5) is 23.6. The van der Waals surface area contributed by atoms with Crippen molar-refractivity contribution in [1.29, 1.82) is 0 Å². The zero-order valence-corrected chi connectivity index (χ0v) is 16.0. The van der Waals surface area contributed by atoms with Crippen LogP contribution >= 0.6 is 0 Å². The number of hydrogen-bond acceptors (Lipinski definition) is 3. The molecule has 1 amide bonds. The number of carbonyl (C=O) groups is 2. The number of methoxy groups -OCH3 is 1. The van der Waals surface area contributed by atoms with Gasteiger partial charge in [0.25, 0.3) is 0 Å². The van der Waals surface area contributed by atoms with Gasteiger partial charge in [-0.25, -0.2) is 4.79 Å². The smallest absolute Gasteiger partial charge is 0.416 e. The molecule has 31 heavy (non-hydrogen) atoms. The normalized spacial score (nSPS) is 12.9. The SMILES string of the molecule is COc1ccc(C[C@H](NC(=O)Cc2cc(C(F)(F)F)cc(C(F)(F)F)c2)C(=O)O)cc1. The van der Waals surface area contributed by atoms with E-state index in [4.69, 9.17) is 4.74 Å². The monoisotopic (exact) mass is 449 g/mol. The zero-order chi connectivity index (χ0) is 23.4. The molecule has 2 rings (SSSR count). The molecule has 2 aromatic carbocycles. The number of carbonyl (C=O) groups excluding carboxylic acids is 1. The molecular weight excluding hydrogens is 432 g/mol. The molecule has 0 aliphatic rings. The van der Waals surface area contributed by atoms with E-state index in [-0.39, 0.29) is 12.5 Å². The number of ether oxygens (including phenoxy) is 1. The molecule has 0 aromatic heterocycles. The van der Waals surface area contributed by atoms with Crippen molar-refractivity contribution in [3.63, 3.8) is 0 Å². The Morgan fingerprint density at radius 3 is 1.87 bits per heavy atom. The van der Waals surface area contributed by atoms with Crippen LogP contribution in [0.5, 0.6) is 5.75 Å². The molecule has 0 spiro atoms. The van der Waals surface area contributed by atoms with Crippen molar-refractivity contribution in [2.75, 3.05) is 7.11 Å². The summed E-state index contributed by atoms with van der Waals surface area (Å²) in [5.74, 6) is -1.93. The van der Waals surface area contributed by atoms with Crippen molar-refractivity contribution >= 4 is 11.9 Å². The van der Waals surface area contributed by atoms with E-state index in [0.717, 1.165) is 0 Å². The predicted molar refractivity (Wildman–Crippen MR) is 96.4 cm³/mol. The van der Waals surface area contributed by atoms with Gasteiger partial charge in [0, 0.05) is 6.42 Å². The number of carboxylic acids is 1. The molecule has 0 heterocycles. The van der Waals surface area contributed by atoms with Crippen molar-refractivity contribution in [1.82, 2.24) is 5.32 Å². The summed E-state index contributed by atoms with van der Waals surface area (Å²) < 4.78 is 82.6. The maximum Gasteiger partial charge on any atom is 0.416 e. The van der Waals surface area contributed by atoms with Crippen molar-refractivity contribution < 1.29 is 45.8 Å². The first kappa shape index (κ1) is 24.0. The highest BCUT2D eigenvalue weighted by molar-refractivity contribution is 5.85. The summed E-state index contributed by atoms with van der Waals surface area (Å²) in [5, 5.41) is 11.4. The topological polar surface area (TPSA) is 75.6 Å². The van der Waals surface area contributed by atoms with Crippen molar-refractivity contribution in [3.8, 4) is 5.75 Å². The zero-order valence-electron chi connectivity index (χ0n) is 16.0. The number of carboxylic acid groups (broad SMARTS) is 1. The van der Waals surface area contributed by atoms with Gasteiger partial charge < -0.3 is 15.2 Å². The summed E-state index contributed by atoms with van der Waals surface area (Å²) in [6.45, 7) is 0. The third-order valence-electron chi connectivity index (χ3n) is 4.24. The lowest BCUT2D eigenvalue weighted by atomic mass is 10.0. The van der Waals surface area contributed by atoms with Crippen molar-refractivity contribution in [2.24, 2.45) is 0 Å². The number of rotatable bonds is 7. The van der Waals surface area contributed by atoms with Crippen LogP contribution in [-0.2, 0) is 34.8 Å². The molecule has 0 radical (unpaired) electrons. The van der Waals surface area contributed by atoms with E-state index in [2.05, 4.69) is 5.32 Å². The fourth-order valence-corrected chi connectivity index (χ4v) is 2.75. The minimum Gasteiger partial charge on any atom is -0.497 e. The molecule has 0 fully saturated rings. The number of aliphatic carboxylic acids is 1. The molecule has 0 saturated heterocycles. The van der Waals surface area contributed by atoms with Gasteiger partial charge in [-0.3, -0.25) is 4.79 Å². The van der Waals surface area contributed by atoms with Crippen molar-refractivity contribution in [2.45, 2.75) is 31.2 Å². The first-order valence-electron chi connectivity index (χ1n) is 8.73. The first-order valence-corrected chi connectivity index (χ1v) is 8.73. The number of nitrogens with one attached hydrogen (secondary N) is 1. The number of benzene rings is 2. The number of hydrogen-bond donors (Lipinski definition) is 2. The average Bonchev–Trinajstić information content (AvgIpc) is 2.66. The Balaban J connectivity index is 2.19. The number of halogens is 6. The van der Waals surface area contributed by atoms with Crippen LogP contribution in [0.15, 0.2) is 42.5 Å². The minimum absolute atomic E-state index is 0.0505. The van der Waals surface area contributed by atoms with E-state index < -0.39 is 53.4 Å². The van der Waals surface area contributed by atoms with Gasteiger partial charge in [0.1, 0.15) is 11.8 Å². The second-order valence-corrected chi connectivity index (χ2v) is 6.60. The minimum atomic E-state index is -5.05. The lowest BCUT2D eigenvalue weighted by molar-refractivity contribution is -0.143. The molecular formula is C20H17F6NO4. The molecule has 2 aromatic rings. The van der Waals surface area contributed by atoms with E-state index >= 15 is 0 Å². The van der Waals surface area contributed by atoms with Crippen LogP contribution in [0.1, 0.15) is 22.3 Å². The van der Waals surface area contributed by atoms with Gasteiger partial charge in [0.15, 0.2) is 0 Å². The summed E-state index contributed by atoms with van der Waals surface area (Å²) in [6.07, 6.45) is -11.1. The second-order valence-electron chi connectivity index (χ2n) is 6.60. The Hall–Kier alpha value is -3.24. The van der Waals surface area contributed by atoms with Crippen LogP contribution in [0.4, 0.5) is 26.3 Å². The fourth-order valence-electron chi connectivity index (χ4n) is 2.75. The molecule has 0 aliphatic carbocycles. The van der Waals surface area contributed by atoms with Crippen LogP contribution in [-0.4, -0.2) is 30.1 Å².